The summed E-state index contributed by atoms with van der Waals surface area (Å²) in [6, 6.07) is 3.09. The molecular weight excluding hydrogens is 284 g/mol. The Kier molecular flexibility index (Phi) is 5.00. The topological polar surface area (TPSA) is 88.4 Å². The molecule has 1 saturated carbocycles. The van der Waals surface area contributed by atoms with E-state index in [1.54, 1.807) is 6.07 Å². The molecule has 1 heterocycles. The lowest BCUT2D eigenvalue weighted by atomic mass is 10.1. The van der Waals surface area contributed by atoms with Gasteiger partial charge >= 0.3 is 5.97 Å². The van der Waals surface area contributed by atoms with Crippen LogP contribution < -0.4 is 10.9 Å². The molecule has 0 radical (unpaired) electrons. The standard InChI is InChI=1S/C16H22N2O4/c1-10(2)13-8-7-12(16(21)22)15(20)18(13)9-14(19)17-11-5-3-4-6-11/h7-8,10-11H,3-6,9H2,1-2H3,(H,17,19)(H,21,22). The molecule has 1 aliphatic rings. The van der Waals surface area contributed by atoms with Gasteiger partial charge in [-0.25, -0.2) is 4.79 Å². The van der Waals surface area contributed by atoms with E-state index in [-0.39, 0.29) is 30.0 Å². The molecule has 1 aromatic heterocycles. The molecule has 1 aromatic rings. The molecule has 0 spiro atoms. The number of nitrogens with one attached hydrogen (secondary N) is 1. The van der Waals surface area contributed by atoms with Gasteiger partial charge in [-0.1, -0.05) is 26.7 Å². The number of hydrogen-bond donors (Lipinski definition) is 2. The quantitative estimate of drug-likeness (QED) is 0.867. The first-order valence-corrected chi connectivity index (χ1v) is 7.66. The molecule has 1 fully saturated rings. The highest BCUT2D eigenvalue weighted by molar-refractivity contribution is 5.87. The lowest BCUT2D eigenvalue weighted by Gasteiger charge is -2.18. The molecule has 2 N–H and O–H groups in total. The molecule has 1 aliphatic carbocycles. The van der Waals surface area contributed by atoms with Crippen molar-refractivity contribution in [3.63, 3.8) is 0 Å². The molecule has 0 bridgehead atoms. The number of carboxylic acid groups (broad SMARTS) is 1. The van der Waals surface area contributed by atoms with Gasteiger partial charge in [0.25, 0.3) is 5.56 Å². The van der Waals surface area contributed by atoms with Crippen molar-refractivity contribution in [2.45, 2.75) is 58.0 Å². The molecule has 0 saturated heterocycles. The van der Waals surface area contributed by atoms with Gasteiger partial charge in [-0.15, -0.1) is 0 Å². The number of carbonyl (C=O) groups excluding carboxylic acids is 1. The second-order valence-electron chi connectivity index (χ2n) is 6.07. The van der Waals surface area contributed by atoms with Crippen LogP contribution >= 0.6 is 0 Å². The van der Waals surface area contributed by atoms with Crippen molar-refractivity contribution >= 4 is 11.9 Å². The van der Waals surface area contributed by atoms with Crippen molar-refractivity contribution in [3.8, 4) is 0 Å². The van der Waals surface area contributed by atoms with Gasteiger partial charge in [-0.3, -0.25) is 9.59 Å². The third-order valence-corrected chi connectivity index (χ3v) is 4.05. The van der Waals surface area contributed by atoms with Crippen LogP contribution in [0.5, 0.6) is 0 Å². The highest BCUT2D eigenvalue weighted by Gasteiger charge is 2.20. The van der Waals surface area contributed by atoms with E-state index >= 15 is 0 Å². The van der Waals surface area contributed by atoms with Crippen molar-refractivity contribution in [1.29, 1.82) is 0 Å². The third kappa shape index (κ3) is 3.55. The molecule has 0 aliphatic heterocycles. The first kappa shape index (κ1) is 16.3. The maximum Gasteiger partial charge on any atom is 0.341 e. The first-order chi connectivity index (χ1) is 10.4. The Morgan fingerprint density at radius 1 is 1.32 bits per heavy atom. The van der Waals surface area contributed by atoms with Crippen molar-refractivity contribution < 1.29 is 14.7 Å². The highest BCUT2D eigenvalue weighted by atomic mass is 16.4. The Morgan fingerprint density at radius 2 is 1.95 bits per heavy atom. The van der Waals surface area contributed by atoms with Gasteiger partial charge in [0.1, 0.15) is 12.1 Å². The number of pyridine rings is 1. The smallest absolute Gasteiger partial charge is 0.341 e. The average Bonchev–Trinajstić information content (AvgIpc) is 2.92. The van der Waals surface area contributed by atoms with E-state index in [9.17, 15) is 14.4 Å². The minimum absolute atomic E-state index is 0.0230. The van der Waals surface area contributed by atoms with E-state index in [1.165, 1.54) is 10.6 Å². The summed E-state index contributed by atoms with van der Waals surface area (Å²) in [6.07, 6.45) is 4.15. The van der Waals surface area contributed by atoms with Crippen LogP contribution in [0.15, 0.2) is 16.9 Å². The fraction of sp³-hybridized carbons (Fsp3) is 0.562. The van der Waals surface area contributed by atoms with Crippen molar-refractivity contribution in [2.75, 3.05) is 0 Å². The average molecular weight is 306 g/mol. The van der Waals surface area contributed by atoms with Gasteiger partial charge in [0.2, 0.25) is 5.91 Å². The number of aromatic nitrogens is 1. The van der Waals surface area contributed by atoms with Crippen LogP contribution in [0.4, 0.5) is 0 Å². The van der Waals surface area contributed by atoms with Gasteiger partial charge in [0, 0.05) is 11.7 Å². The summed E-state index contributed by atoms with van der Waals surface area (Å²) in [7, 11) is 0. The van der Waals surface area contributed by atoms with Crippen LogP contribution in [0.1, 0.15) is 61.5 Å². The largest absolute Gasteiger partial charge is 0.477 e. The summed E-state index contributed by atoms with van der Waals surface area (Å²) in [5.74, 6) is -1.49. The minimum atomic E-state index is -1.27. The number of amides is 1. The SMILES string of the molecule is CC(C)c1ccc(C(=O)O)c(=O)n1CC(=O)NC1CCCC1. The summed E-state index contributed by atoms with van der Waals surface area (Å²) >= 11 is 0. The van der Waals surface area contributed by atoms with Crippen LogP contribution in [0, 0.1) is 0 Å². The van der Waals surface area contributed by atoms with Crippen LogP contribution in [-0.4, -0.2) is 27.6 Å². The monoisotopic (exact) mass is 306 g/mol. The van der Waals surface area contributed by atoms with Crippen molar-refractivity contribution in [3.05, 3.63) is 33.7 Å². The summed E-state index contributed by atoms with van der Waals surface area (Å²) in [4.78, 5) is 35.6. The summed E-state index contributed by atoms with van der Waals surface area (Å²) < 4.78 is 1.28. The van der Waals surface area contributed by atoms with Gasteiger partial charge in [0.15, 0.2) is 0 Å². The number of rotatable bonds is 5. The van der Waals surface area contributed by atoms with Crippen molar-refractivity contribution in [1.82, 2.24) is 9.88 Å². The summed E-state index contributed by atoms with van der Waals surface area (Å²) in [6.45, 7) is 3.67. The highest BCUT2D eigenvalue weighted by Crippen LogP contribution is 2.18. The summed E-state index contributed by atoms with van der Waals surface area (Å²) in [5.41, 5.74) is -0.269. The fourth-order valence-electron chi connectivity index (χ4n) is 2.91. The van der Waals surface area contributed by atoms with E-state index in [0.717, 1.165) is 25.7 Å². The normalized spacial score (nSPS) is 15.2. The molecule has 120 valence electrons. The summed E-state index contributed by atoms with van der Waals surface area (Å²) in [5, 5.41) is 12.0. The van der Waals surface area contributed by atoms with E-state index in [1.807, 2.05) is 13.8 Å². The zero-order chi connectivity index (χ0) is 16.3. The van der Waals surface area contributed by atoms with E-state index in [4.69, 9.17) is 5.11 Å². The van der Waals surface area contributed by atoms with Gasteiger partial charge in [0.05, 0.1) is 0 Å². The zero-order valence-electron chi connectivity index (χ0n) is 13.0. The predicted molar refractivity (Wildman–Crippen MR) is 82.1 cm³/mol. The molecule has 6 heteroatoms. The number of carboxylic acids is 1. The van der Waals surface area contributed by atoms with Gasteiger partial charge in [-0.2, -0.15) is 0 Å². The number of carbonyl (C=O) groups is 2. The molecule has 0 unspecified atom stereocenters. The van der Waals surface area contributed by atoms with Gasteiger partial charge < -0.3 is 15.0 Å². The molecular formula is C16H22N2O4. The maximum absolute atomic E-state index is 12.3. The van der Waals surface area contributed by atoms with E-state index in [2.05, 4.69) is 5.32 Å². The van der Waals surface area contributed by atoms with Crippen LogP contribution in [0.3, 0.4) is 0 Å². The second kappa shape index (κ2) is 6.77. The first-order valence-electron chi connectivity index (χ1n) is 7.66. The van der Waals surface area contributed by atoms with Crippen LogP contribution in [-0.2, 0) is 11.3 Å². The van der Waals surface area contributed by atoms with Crippen LogP contribution in [0.2, 0.25) is 0 Å². The number of nitrogens with zero attached hydrogens (tertiary/aromatic N) is 1. The van der Waals surface area contributed by atoms with Crippen molar-refractivity contribution in [2.24, 2.45) is 0 Å². The molecule has 1 amide bonds. The lowest BCUT2D eigenvalue weighted by Crippen LogP contribution is -2.39. The van der Waals surface area contributed by atoms with E-state index in [0.29, 0.717) is 5.69 Å². The zero-order valence-corrected chi connectivity index (χ0v) is 13.0. The number of hydrogen-bond acceptors (Lipinski definition) is 3. The maximum atomic E-state index is 12.3. The number of aromatic carboxylic acids is 1. The second-order valence-corrected chi connectivity index (χ2v) is 6.07. The minimum Gasteiger partial charge on any atom is -0.477 e. The van der Waals surface area contributed by atoms with E-state index < -0.39 is 11.5 Å². The Bertz CT molecular complexity index is 628. The third-order valence-electron chi connectivity index (χ3n) is 4.05. The fourth-order valence-corrected chi connectivity index (χ4v) is 2.91. The Morgan fingerprint density at radius 3 is 2.50 bits per heavy atom. The van der Waals surface area contributed by atoms with Gasteiger partial charge in [-0.05, 0) is 30.9 Å². The molecule has 0 atom stereocenters. The predicted octanol–water partition coefficient (Wildman–Crippen LogP) is 1.73. The molecule has 0 aromatic carbocycles. The lowest BCUT2D eigenvalue weighted by molar-refractivity contribution is -0.122. The van der Waals surface area contributed by atoms with Crippen LogP contribution in [0.25, 0.3) is 0 Å². The molecule has 2 rings (SSSR count). The Balaban J connectivity index is 2.26. The molecule has 22 heavy (non-hydrogen) atoms. The molecule has 6 nitrogen and oxygen atoms in total. The Hall–Kier alpha value is -2.11. The Labute approximate surface area is 129 Å².